The van der Waals surface area contributed by atoms with Crippen molar-refractivity contribution >= 4 is 11.6 Å². The van der Waals surface area contributed by atoms with E-state index in [4.69, 9.17) is 16.3 Å². The molecule has 2 rings (SSSR count). The van der Waals surface area contributed by atoms with Gasteiger partial charge in [-0.25, -0.2) is 0 Å². The van der Waals surface area contributed by atoms with Crippen LogP contribution in [0.3, 0.4) is 0 Å². The lowest BCUT2D eigenvalue weighted by atomic mass is 9.81. The Balaban J connectivity index is 1.93. The molecule has 0 aliphatic carbocycles. The lowest BCUT2D eigenvalue weighted by molar-refractivity contribution is 0.00720. The molecular weight excluding hydrogens is 286 g/mol. The molecule has 1 aromatic heterocycles. The average Bonchev–Trinajstić information content (AvgIpc) is 2.97. The van der Waals surface area contributed by atoms with Crippen LogP contribution in [0.1, 0.15) is 45.4 Å². The Hall–Kier alpha value is -0.580. The first kappa shape index (κ1) is 16.8. The van der Waals surface area contributed by atoms with E-state index in [9.17, 15) is 0 Å². The SMILES string of the molecule is CCc1nn(C)c(Cl)c1CNC[C@H]1CCO[C@@H]1C(C)(C)C. The first-order chi connectivity index (χ1) is 9.84. The zero-order valence-corrected chi connectivity index (χ0v) is 14.6. The monoisotopic (exact) mass is 313 g/mol. The predicted molar refractivity (Wildman–Crippen MR) is 86.6 cm³/mol. The Morgan fingerprint density at radius 1 is 1.43 bits per heavy atom. The third-order valence-corrected chi connectivity index (χ3v) is 4.74. The Kier molecular flexibility index (Phi) is 5.33. The minimum Gasteiger partial charge on any atom is -0.377 e. The van der Waals surface area contributed by atoms with E-state index in [1.165, 1.54) is 0 Å². The van der Waals surface area contributed by atoms with Crippen LogP contribution in [0, 0.1) is 11.3 Å². The third-order valence-electron chi connectivity index (χ3n) is 4.26. The van der Waals surface area contributed by atoms with Gasteiger partial charge in [0.1, 0.15) is 5.15 Å². The molecule has 21 heavy (non-hydrogen) atoms. The van der Waals surface area contributed by atoms with Gasteiger partial charge in [-0.05, 0) is 18.3 Å². The second kappa shape index (κ2) is 6.67. The van der Waals surface area contributed by atoms with E-state index < -0.39 is 0 Å². The third kappa shape index (κ3) is 3.79. The summed E-state index contributed by atoms with van der Waals surface area (Å²) in [5.74, 6) is 0.575. The van der Waals surface area contributed by atoms with Crippen LogP contribution < -0.4 is 5.32 Å². The van der Waals surface area contributed by atoms with Crippen LogP contribution in [0.4, 0.5) is 0 Å². The van der Waals surface area contributed by atoms with Gasteiger partial charge in [0.2, 0.25) is 0 Å². The maximum Gasteiger partial charge on any atom is 0.131 e. The highest BCUT2D eigenvalue weighted by Crippen LogP contribution is 2.34. The molecule has 1 aromatic rings. The number of aryl methyl sites for hydroxylation is 2. The van der Waals surface area contributed by atoms with Crippen molar-refractivity contribution in [2.24, 2.45) is 18.4 Å². The van der Waals surface area contributed by atoms with Crippen LogP contribution in [0.5, 0.6) is 0 Å². The van der Waals surface area contributed by atoms with E-state index in [0.717, 1.165) is 48.9 Å². The van der Waals surface area contributed by atoms with Gasteiger partial charge in [-0.2, -0.15) is 5.10 Å². The van der Waals surface area contributed by atoms with Crippen LogP contribution in [-0.2, 0) is 24.8 Å². The lowest BCUT2D eigenvalue weighted by Crippen LogP contribution is -2.36. The number of hydrogen-bond acceptors (Lipinski definition) is 3. The van der Waals surface area contributed by atoms with Crippen molar-refractivity contribution in [1.29, 1.82) is 0 Å². The Morgan fingerprint density at radius 2 is 2.14 bits per heavy atom. The van der Waals surface area contributed by atoms with Crippen LogP contribution in [-0.4, -0.2) is 29.0 Å². The Labute approximate surface area is 133 Å². The predicted octanol–water partition coefficient (Wildman–Crippen LogP) is 3.18. The van der Waals surface area contributed by atoms with Gasteiger partial charge in [0, 0.05) is 38.2 Å². The number of rotatable bonds is 5. The molecule has 1 aliphatic rings. The number of halogens is 1. The van der Waals surface area contributed by atoms with E-state index in [0.29, 0.717) is 12.0 Å². The summed E-state index contributed by atoms with van der Waals surface area (Å²) in [6.45, 7) is 11.5. The number of aromatic nitrogens is 2. The van der Waals surface area contributed by atoms with Crippen molar-refractivity contribution in [3.8, 4) is 0 Å². The fraction of sp³-hybridized carbons (Fsp3) is 0.812. The van der Waals surface area contributed by atoms with E-state index in [1.54, 1.807) is 4.68 Å². The second-order valence-corrected chi connectivity index (χ2v) is 7.39. The number of nitrogens with one attached hydrogen (secondary N) is 1. The minimum atomic E-state index is 0.198. The molecule has 0 unspecified atom stereocenters. The van der Waals surface area contributed by atoms with Gasteiger partial charge in [-0.1, -0.05) is 39.3 Å². The van der Waals surface area contributed by atoms with Crippen molar-refractivity contribution in [3.05, 3.63) is 16.4 Å². The van der Waals surface area contributed by atoms with Gasteiger partial charge in [0.25, 0.3) is 0 Å². The first-order valence-corrected chi connectivity index (χ1v) is 8.25. The van der Waals surface area contributed by atoms with Crippen molar-refractivity contribution in [2.45, 2.75) is 53.2 Å². The molecule has 0 spiro atoms. The maximum absolute atomic E-state index is 6.33. The normalized spacial score (nSPS) is 23.0. The molecule has 1 saturated heterocycles. The summed E-state index contributed by atoms with van der Waals surface area (Å²) < 4.78 is 7.68. The second-order valence-electron chi connectivity index (χ2n) is 7.03. The molecule has 2 heterocycles. The highest BCUT2D eigenvalue weighted by molar-refractivity contribution is 6.30. The fourth-order valence-corrected chi connectivity index (χ4v) is 3.46. The summed E-state index contributed by atoms with van der Waals surface area (Å²) in [6.07, 6.45) is 2.38. The molecular formula is C16H28ClN3O. The molecule has 1 N–H and O–H groups in total. The average molecular weight is 314 g/mol. The molecule has 0 aromatic carbocycles. The van der Waals surface area contributed by atoms with E-state index in [-0.39, 0.29) is 5.41 Å². The summed E-state index contributed by atoms with van der Waals surface area (Å²) in [5, 5.41) is 8.75. The van der Waals surface area contributed by atoms with Gasteiger partial charge in [-0.3, -0.25) is 4.68 Å². The fourth-order valence-electron chi connectivity index (χ4n) is 3.24. The van der Waals surface area contributed by atoms with E-state index in [1.807, 2.05) is 7.05 Å². The van der Waals surface area contributed by atoms with Crippen molar-refractivity contribution in [3.63, 3.8) is 0 Å². The van der Waals surface area contributed by atoms with E-state index in [2.05, 4.69) is 38.1 Å². The van der Waals surface area contributed by atoms with Gasteiger partial charge in [-0.15, -0.1) is 0 Å². The maximum atomic E-state index is 6.33. The molecule has 2 atom stereocenters. The topological polar surface area (TPSA) is 39.1 Å². The zero-order chi connectivity index (χ0) is 15.6. The summed E-state index contributed by atoms with van der Waals surface area (Å²) >= 11 is 6.33. The molecule has 5 heteroatoms. The summed E-state index contributed by atoms with van der Waals surface area (Å²) in [6, 6.07) is 0. The van der Waals surface area contributed by atoms with Gasteiger partial charge >= 0.3 is 0 Å². The summed E-state index contributed by atoms with van der Waals surface area (Å²) in [7, 11) is 1.89. The molecule has 120 valence electrons. The van der Waals surface area contributed by atoms with Crippen molar-refractivity contribution in [1.82, 2.24) is 15.1 Å². The highest BCUT2D eigenvalue weighted by atomic mass is 35.5. The quantitative estimate of drug-likeness (QED) is 0.907. The van der Waals surface area contributed by atoms with Crippen LogP contribution in [0.2, 0.25) is 5.15 Å². The van der Waals surface area contributed by atoms with Gasteiger partial charge in [0.05, 0.1) is 11.8 Å². The standard InChI is InChI=1S/C16H28ClN3O/c1-6-13-12(15(17)20(5)19-13)10-18-9-11-7-8-21-14(11)16(2,3)4/h11,14,18H,6-10H2,1-5H3/t11-,14+/m1/s1. The summed E-state index contributed by atoms with van der Waals surface area (Å²) in [4.78, 5) is 0. The highest BCUT2D eigenvalue weighted by Gasteiger charge is 2.36. The smallest absolute Gasteiger partial charge is 0.131 e. The number of nitrogens with zero attached hydrogens (tertiary/aromatic N) is 2. The minimum absolute atomic E-state index is 0.198. The number of ether oxygens (including phenoxy) is 1. The van der Waals surface area contributed by atoms with Gasteiger partial charge < -0.3 is 10.1 Å². The van der Waals surface area contributed by atoms with E-state index >= 15 is 0 Å². The summed E-state index contributed by atoms with van der Waals surface area (Å²) in [5.41, 5.74) is 2.42. The molecule has 0 saturated carbocycles. The zero-order valence-electron chi connectivity index (χ0n) is 13.9. The van der Waals surface area contributed by atoms with Crippen LogP contribution in [0.15, 0.2) is 0 Å². The van der Waals surface area contributed by atoms with Gasteiger partial charge in [0.15, 0.2) is 0 Å². The molecule has 0 amide bonds. The first-order valence-electron chi connectivity index (χ1n) is 7.87. The molecule has 1 fully saturated rings. The van der Waals surface area contributed by atoms with Crippen molar-refractivity contribution in [2.75, 3.05) is 13.2 Å². The molecule has 1 aliphatic heterocycles. The lowest BCUT2D eigenvalue weighted by Gasteiger charge is -2.31. The van der Waals surface area contributed by atoms with Crippen LogP contribution in [0.25, 0.3) is 0 Å². The van der Waals surface area contributed by atoms with Crippen LogP contribution >= 0.6 is 11.6 Å². The molecule has 0 radical (unpaired) electrons. The Morgan fingerprint density at radius 3 is 2.76 bits per heavy atom. The largest absolute Gasteiger partial charge is 0.377 e. The Bertz CT molecular complexity index is 479. The van der Waals surface area contributed by atoms with Crippen molar-refractivity contribution < 1.29 is 4.74 Å². The molecule has 0 bridgehead atoms. The number of hydrogen-bond donors (Lipinski definition) is 1. The molecule has 4 nitrogen and oxygen atoms in total.